The fraction of sp³-hybridized carbons (Fsp3) is 0.375. The summed E-state index contributed by atoms with van der Waals surface area (Å²) in [6.45, 7) is 6.50. The van der Waals surface area contributed by atoms with Crippen molar-refractivity contribution in [2.45, 2.75) is 39.6 Å². The zero-order valence-electron chi connectivity index (χ0n) is 14.2. The van der Waals surface area contributed by atoms with Crippen LogP contribution in [0.4, 0.5) is 0 Å². The van der Waals surface area contributed by atoms with Gasteiger partial charge in [0.1, 0.15) is 11.3 Å². The quantitative estimate of drug-likeness (QED) is 0.330. The molecule has 0 radical (unpaired) electrons. The largest absolute Gasteiger partial charge is 0.492 e. The molecule has 0 bridgehead atoms. The Hall–Kier alpha value is -1.84. The lowest BCUT2D eigenvalue weighted by Gasteiger charge is -2.29. The van der Waals surface area contributed by atoms with Gasteiger partial charge in [0.25, 0.3) is 5.79 Å². The van der Waals surface area contributed by atoms with Crippen LogP contribution in [0.15, 0.2) is 22.2 Å². The zero-order valence-corrected chi connectivity index (χ0v) is 15.8. The van der Waals surface area contributed by atoms with Crippen LogP contribution in [0.5, 0.6) is 5.75 Å². The van der Waals surface area contributed by atoms with Crippen LogP contribution in [0.1, 0.15) is 33.3 Å². The highest BCUT2D eigenvalue weighted by Gasteiger charge is 2.39. The molecule has 2 N–H and O–H groups in total. The Balaban J connectivity index is 2.47. The van der Waals surface area contributed by atoms with E-state index < -0.39 is 24.8 Å². The molecule has 2 rings (SSSR count). The summed E-state index contributed by atoms with van der Waals surface area (Å²) in [7, 11) is -1.80. The summed E-state index contributed by atoms with van der Waals surface area (Å²) in [6.07, 6.45) is 1.07. The number of esters is 2. The van der Waals surface area contributed by atoms with E-state index in [4.69, 9.17) is 14.2 Å². The first-order chi connectivity index (χ1) is 11.5. The number of carbonyl (C=O) groups excluding carboxylic acids is 2. The lowest BCUT2D eigenvalue weighted by atomic mass is 9.78. The molecule has 1 aromatic carbocycles. The van der Waals surface area contributed by atoms with E-state index in [-0.39, 0.29) is 22.9 Å². The van der Waals surface area contributed by atoms with Gasteiger partial charge in [-0.05, 0) is 47.5 Å². The number of hydrogen-bond acceptors (Lipinski definition) is 7. The van der Waals surface area contributed by atoms with Crippen molar-refractivity contribution in [2.24, 2.45) is 0 Å². The highest BCUT2D eigenvalue weighted by Crippen LogP contribution is 2.28. The fourth-order valence-electron chi connectivity index (χ4n) is 2.22. The predicted molar refractivity (Wildman–Crippen MR) is 94.0 cm³/mol. The Morgan fingerprint density at radius 1 is 1.20 bits per heavy atom. The number of benzene rings is 1. The van der Waals surface area contributed by atoms with E-state index in [0.29, 0.717) is 10.0 Å². The Labute approximate surface area is 153 Å². The van der Waals surface area contributed by atoms with Gasteiger partial charge in [-0.2, -0.15) is 0 Å². The van der Waals surface area contributed by atoms with Gasteiger partial charge in [-0.15, -0.1) is 0 Å². The standard InChI is InChI=1S/C16H18BBrO7/c1-8(2)23-13-11(17(21)22)6-9(7-12(13)18)5-10-14(19)24-16(3,4)25-15(10)20/h5-8,21-22H,1-4H3. The number of halogens is 1. The smallest absolute Gasteiger partial charge is 0.490 e. The van der Waals surface area contributed by atoms with Crippen LogP contribution in [0.2, 0.25) is 0 Å². The molecule has 1 heterocycles. The zero-order chi connectivity index (χ0) is 18.9. The molecule has 1 aliphatic rings. The van der Waals surface area contributed by atoms with Crippen molar-refractivity contribution >= 4 is 46.5 Å². The summed E-state index contributed by atoms with van der Waals surface area (Å²) < 4.78 is 16.1. The first kappa shape index (κ1) is 19.5. The van der Waals surface area contributed by atoms with E-state index >= 15 is 0 Å². The van der Waals surface area contributed by atoms with E-state index in [9.17, 15) is 19.6 Å². The minimum atomic E-state index is -1.80. The molecular weight excluding hydrogens is 395 g/mol. The molecular formula is C16H18BBrO7. The van der Waals surface area contributed by atoms with Gasteiger partial charge in [0.05, 0.1) is 10.6 Å². The normalized spacial score (nSPS) is 16.4. The van der Waals surface area contributed by atoms with Crippen molar-refractivity contribution < 1.29 is 33.8 Å². The van der Waals surface area contributed by atoms with Crippen LogP contribution in [-0.2, 0) is 19.1 Å². The van der Waals surface area contributed by atoms with E-state index in [1.165, 1.54) is 26.0 Å². The van der Waals surface area contributed by atoms with Gasteiger partial charge in [0.2, 0.25) is 0 Å². The van der Waals surface area contributed by atoms with Gasteiger partial charge >= 0.3 is 19.1 Å². The third-order valence-corrected chi connectivity index (χ3v) is 3.74. The molecule has 1 aromatic rings. The minimum absolute atomic E-state index is 0.0906. The van der Waals surface area contributed by atoms with Crippen molar-refractivity contribution in [2.75, 3.05) is 0 Å². The maximum atomic E-state index is 12.0. The highest BCUT2D eigenvalue weighted by atomic mass is 79.9. The lowest BCUT2D eigenvalue weighted by molar-refractivity contribution is -0.222. The molecule has 0 aromatic heterocycles. The first-order valence-corrected chi connectivity index (χ1v) is 8.34. The van der Waals surface area contributed by atoms with Crippen LogP contribution in [0, 0.1) is 0 Å². The second-order valence-electron chi connectivity index (χ2n) is 6.20. The second kappa shape index (κ2) is 7.19. The number of ether oxygens (including phenoxy) is 3. The van der Waals surface area contributed by atoms with Gasteiger partial charge < -0.3 is 24.3 Å². The maximum absolute atomic E-state index is 12.0. The van der Waals surface area contributed by atoms with E-state index in [1.807, 2.05) is 0 Å². The van der Waals surface area contributed by atoms with Crippen LogP contribution >= 0.6 is 15.9 Å². The van der Waals surface area contributed by atoms with Crippen molar-refractivity contribution in [3.05, 3.63) is 27.7 Å². The summed E-state index contributed by atoms with van der Waals surface area (Å²) in [4.78, 5) is 24.0. The predicted octanol–water partition coefficient (Wildman–Crippen LogP) is 1.14. The Morgan fingerprint density at radius 3 is 2.24 bits per heavy atom. The minimum Gasteiger partial charge on any atom is -0.490 e. The molecule has 1 fully saturated rings. The van der Waals surface area contributed by atoms with Gasteiger partial charge in [-0.3, -0.25) is 0 Å². The van der Waals surface area contributed by atoms with E-state index in [2.05, 4.69) is 15.9 Å². The third-order valence-electron chi connectivity index (χ3n) is 3.15. The van der Waals surface area contributed by atoms with Crippen LogP contribution in [-0.4, -0.2) is 41.0 Å². The monoisotopic (exact) mass is 412 g/mol. The summed E-state index contributed by atoms with van der Waals surface area (Å²) in [6, 6.07) is 2.98. The summed E-state index contributed by atoms with van der Waals surface area (Å²) in [5, 5.41) is 19.2. The van der Waals surface area contributed by atoms with Gasteiger partial charge in [-0.25, -0.2) is 9.59 Å². The molecule has 0 spiro atoms. The third kappa shape index (κ3) is 4.62. The van der Waals surface area contributed by atoms with Crippen molar-refractivity contribution in [3.8, 4) is 5.75 Å². The van der Waals surface area contributed by atoms with Crippen LogP contribution in [0.3, 0.4) is 0 Å². The number of cyclic esters (lactones) is 2. The molecule has 7 nitrogen and oxygen atoms in total. The molecule has 9 heteroatoms. The Bertz CT molecular complexity index is 718. The molecule has 1 saturated heterocycles. The first-order valence-electron chi connectivity index (χ1n) is 7.55. The molecule has 134 valence electrons. The Kier molecular flexibility index (Phi) is 5.60. The SMILES string of the molecule is CC(C)Oc1c(Br)cc(C=C2C(=O)OC(C)(C)OC2=O)cc1B(O)O. The fourth-order valence-corrected chi connectivity index (χ4v) is 2.80. The van der Waals surface area contributed by atoms with Crippen molar-refractivity contribution in [1.29, 1.82) is 0 Å². The summed E-state index contributed by atoms with van der Waals surface area (Å²) >= 11 is 3.30. The summed E-state index contributed by atoms with van der Waals surface area (Å²) in [5.74, 6) is -2.69. The topological polar surface area (TPSA) is 102 Å². The van der Waals surface area contributed by atoms with Crippen LogP contribution in [0.25, 0.3) is 6.08 Å². The van der Waals surface area contributed by atoms with Gasteiger partial charge in [-0.1, -0.05) is 6.07 Å². The molecule has 0 unspecified atom stereocenters. The highest BCUT2D eigenvalue weighted by molar-refractivity contribution is 9.10. The molecule has 1 aliphatic heterocycles. The number of rotatable bonds is 4. The molecule has 25 heavy (non-hydrogen) atoms. The van der Waals surface area contributed by atoms with Crippen molar-refractivity contribution in [1.82, 2.24) is 0 Å². The van der Waals surface area contributed by atoms with Gasteiger partial charge in [0.15, 0.2) is 0 Å². The Morgan fingerprint density at radius 2 is 1.76 bits per heavy atom. The average molecular weight is 413 g/mol. The van der Waals surface area contributed by atoms with Crippen LogP contribution < -0.4 is 10.2 Å². The maximum Gasteiger partial charge on any atom is 0.492 e. The summed E-state index contributed by atoms with van der Waals surface area (Å²) in [5.41, 5.74) is 0.171. The van der Waals surface area contributed by atoms with Crippen molar-refractivity contribution in [3.63, 3.8) is 0 Å². The molecule has 0 aliphatic carbocycles. The van der Waals surface area contributed by atoms with E-state index in [1.54, 1.807) is 19.9 Å². The van der Waals surface area contributed by atoms with Gasteiger partial charge in [0, 0.05) is 19.3 Å². The molecule has 0 atom stereocenters. The second-order valence-corrected chi connectivity index (χ2v) is 7.05. The number of hydrogen-bond donors (Lipinski definition) is 2. The van der Waals surface area contributed by atoms with E-state index in [0.717, 1.165) is 0 Å². The number of carbonyl (C=O) groups is 2. The average Bonchev–Trinajstić information content (AvgIpc) is 2.43. The lowest BCUT2D eigenvalue weighted by Crippen LogP contribution is -2.41. The molecule has 0 amide bonds. The molecule has 0 saturated carbocycles.